The molecule has 0 aliphatic heterocycles. The Kier molecular flexibility index (Phi) is 7.45. The second-order valence-corrected chi connectivity index (χ2v) is 6.74. The van der Waals surface area contributed by atoms with Gasteiger partial charge in [0.15, 0.2) is 5.78 Å². The van der Waals surface area contributed by atoms with Crippen LogP contribution in [0.3, 0.4) is 0 Å². The Labute approximate surface area is 174 Å². The molecule has 27 heavy (non-hydrogen) atoms. The molecule has 0 saturated carbocycles. The molecule has 2 N–H and O–H groups in total. The maximum atomic E-state index is 13.2. The highest BCUT2D eigenvalue weighted by atomic mass is 35.5. The summed E-state index contributed by atoms with van der Waals surface area (Å²) in [4.78, 5) is 13.2. The summed E-state index contributed by atoms with van der Waals surface area (Å²) in [6, 6.07) is 12.2. The van der Waals surface area contributed by atoms with Crippen molar-refractivity contribution in [3.05, 3.63) is 75.4 Å². The molecule has 3 rings (SSSR count). The maximum Gasteiger partial charge on any atom is 0.195 e. The number of carbonyl (C=O) groups is 1. The summed E-state index contributed by atoms with van der Waals surface area (Å²) in [5, 5.41) is 5.53. The first-order valence-corrected chi connectivity index (χ1v) is 9.16. The quantitative estimate of drug-likeness (QED) is 0.564. The SMILES string of the molecule is CCn1cc(CCN)c(-c2ccc(Cl)cc2C(=O)c2ccccc2Cl)n1.Cl. The number of rotatable bonds is 6. The molecule has 2 aromatic carbocycles. The average Bonchev–Trinajstić information content (AvgIpc) is 3.05. The van der Waals surface area contributed by atoms with Gasteiger partial charge in [-0.3, -0.25) is 9.48 Å². The lowest BCUT2D eigenvalue weighted by Crippen LogP contribution is -2.07. The molecule has 0 aliphatic rings. The molecule has 0 bridgehead atoms. The van der Waals surface area contributed by atoms with Crippen molar-refractivity contribution in [2.45, 2.75) is 19.9 Å². The van der Waals surface area contributed by atoms with Crippen LogP contribution in [-0.4, -0.2) is 22.1 Å². The smallest absolute Gasteiger partial charge is 0.195 e. The fraction of sp³-hybridized carbons (Fsp3) is 0.200. The van der Waals surface area contributed by atoms with E-state index in [1.54, 1.807) is 36.4 Å². The van der Waals surface area contributed by atoms with Crippen molar-refractivity contribution in [1.82, 2.24) is 9.78 Å². The van der Waals surface area contributed by atoms with E-state index in [-0.39, 0.29) is 18.2 Å². The zero-order valence-electron chi connectivity index (χ0n) is 14.8. The molecule has 0 atom stereocenters. The minimum atomic E-state index is -0.183. The molecule has 3 aromatic rings. The molecule has 142 valence electrons. The highest BCUT2D eigenvalue weighted by molar-refractivity contribution is 6.35. The number of hydrogen-bond donors (Lipinski definition) is 1. The lowest BCUT2D eigenvalue weighted by Gasteiger charge is -2.10. The van der Waals surface area contributed by atoms with Gasteiger partial charge in [0.25, 0.3) is 0 Å². The van der Waals surface area contributed by atoms with Crippen molar-refractivity contribution in [2.75, 3.05) is 6.54 Å². The fourth-order valence-corrected chi connectivity index (χ4v) is 3.28. The second-order valence-electron chi connectivity index (χ2n) is 5.90. The Balaban J connectivity index is 0.00000261. The van der Waals surface area contributed by atoms with Gasteiger partial charge in [0, 0.05) is 34.5 Å². The van der Waals surface area contributed by atoms with Gasteiger partial charge in [-0.05, 0) is 49.7 Å². The minimum absolute atomic E-state index is 0. The van der Waals surface area contributed by atoms with Crippen molar-refractivity contribution in [3.63, 3.8) is 0 Å². The van der Waals surface area contributed by atoms with Crippen LogP contribution in [0.5, 0.6) is 0 Å². The number of ketones is 1. The molecule has 0 saturated heterocycles. The third-order valence-corrected chi connectivity index (χ3v) is 4.74. The number of carbonyl (C=O) groups excluding carboxylic acids is 1. The van der Waals surface area contributed by atoms with Gasteiger partial charge in [0.2, 0.25) is 0 Å². The zero-order chi connectivity index (χ0) is 18.7. The van der Waals surface area contributed by atoms with Gasteiger partial charge in [0.05, 0.1) is 10.7 Å². The van der Waals surface area contributed by atoms with E-state index >= 15 is 0 Å². The van der Waals surface area contributed by atoms with E-state index in [1.165, 1.54) is 0 Å². The predicted octanol–water partition coefficient (Wildman–Crippen LogP) is 5.03. The van der Waals surface area contributed by atoms with Crippen LogP contribution in [0.15, 0.2) is 48.7 Å². The van der Waals surface area contributed by atoms with Crippen molar-refractivity contribution in [2.24, 2.45) is 5.73 Å². The fourth-order valence-electron chi connectivity index (χ4n) is 2.89. The first-order valence-electron chi connectivity index (χ1n) is 8.40. The van der Waals surface area contributed by atoms with E-state index in [4.69, 9.17) is 28.9 Å². The van der Waals surface area contributed by atoms with E-state index in [1.807, 2.05) is 23.9 Å². The summed E-state index contributed by atoms with van der Waals surface area (Å²) in [6.07, 6.45) is 2.65. The molecule has 0 amide bonds. The summed E-state index contributed by atoms with van der Waals surface area (Å²) in [7, 11) is 0. The van der Waals surface area contributed by atoms with Crippen LogP contribution in [0.2, 0.25) is 10.0 Å². The summed E-state index contributed by atoms with van der Waals surface area (Å²) >= 11 is 12.4. The number of hydrogen-bond acceptors (Lipinski definition) is 3. The number of halogens is 3. The van der Waals surface area contributed by atoms with Gasteiger partial charge < -0.3 is 5.73 Å². The Hall–Kier alpha value is -1.85. The lowest BCUT2D eigenvalue weighted by atomic mass is 9.94. The number of nitrogens with two attached hydrogens (primary N) is 1. The summed E-state index contributed by atoms with van der Waals surface area (Å²) < 4.78 is 1.85. The predicted molar refractivity (Wildman–Crippen MR) is 113 cm³/mol. The molecular formula is C20H20Cl3N3O. The Bertz CT molecular complexity index is 953. The number of nitrogens with zero attached hydrogens (tertiary/aromatic N) is 2. The molecule has 0 aliphatic carbocycles. The molecule has 0 radical (unpaired) electrons. The van der Waals surface area contributed by atoms with Gasteiger partial charge in [-0.1, -0.05) is 41.4 Å². The van der Waals surface area contributed by atoms with Crippen LogP contribution >= 0.6 is 35.6 Å². The van der Waals surface area contributed by atoms with Crippen molar-refractivity contribution in [3.8, 4) is 11.3 Å². The van der Waals surface area contributed by atoms with Crippen LogP contribution in [0.4, 0.5) is 0 Å². The average molecular weight is 425 g/mol. The van der Waals surface area contributed by atoms with Crippen LogP contribution in [-0.2, 0) is 13.0 Å². The van der Waals surface area contributed by atoms with Gasteiger partial charge in [-0.25, -0.2) is 0 Å². The summed E-state index contributed by atoms with van der Waals surface area (Å²) in [5.74, 6) is -0.183. The highest BCUT2D eigenvalue weighted by Gasteiger charge is 2.21. The molecular weight excluding hydrogens is 405 g/mol. The van der Waals surface area contributed by atoms with Gasteiger partial charge in [0.1, 0.15) is 0 Å². The largest absolute Gasteiger partial charge is 0.330 e. The minimum Gasteiger partial charge on any atom is -0.330 e. The first-order chi connectivity index (χ1) is 12.5. The van der Waals surface area contributed by atoms with Crippen molar-refractivity contribution in [1.29, 1.82) is 0 Å². The third-order valence-electron chi connectivity index (χ3n) is 4.17. The molecule has 0 unspecified atom stereocenters. The van der Waals surface area contributed by atoms with Crippen molar-refractivity contribution >= 4 is 41.4 Å². The van der Waals surface area contributed by atoms with Gasteiger partial charge in [-0.2, -0.15) is 5.10 Å². The van der Waals surface area contributed by atoms with Crippen LogP contribution in [0.25, 0.3) is 11.3 Å². The Morgan fingerprint density at radius 1 is 1.15 bits per heavy atom. The number of aromatic nitrogens is 2. The summed E-state index contributed by atoms with van der Waals surface area (Å²) in [5.41, 5.74) is 9.15. The molecule has 1 heterocycles. The van der Waals surface area contributed by atoms with E-state index in [9.17, 15) is 4.79 Å². The summed E-state index contributed by atoms with van der Waals surface area (Å²) in [6.45, 7) is 3.25. The molecule has 7 heteroatoms. The van der Waals surface area contributed by atoms with Gasteiger partial charge >= 0.3 is 0 Å². The number of benzene rings is 2. The monoisotopic (exact) mass is 423 g/mol. The molecule has 4 nitrogen and oxygen atoms in total. The van der Waals surface area contributed by atoms with E-state index in [0.717, 1.165) is 23.4 Å². The Morgan fingerprint density at radius 3 is 2.56 bits per heavy atom. The van der Waals surface area contributed by atoms with Gasteiger partial charge in [-0.15, -0.1) is 12.4 Å². The third kappa shape index (κ3) is 4.53. The Morgan fingerprint density at radius 2 is 1.89 bits per heavy atom. The normalized spacial score (nSPS) is 10.5. The van der Waals surface area contributed by atoms with E-state index < -0.39 is 0 Å². The van der Waals surface area contributed by atoms with Crippen molar-refractivity contribution < 1.29 is 4.79 Å². The molecule has 0 fully saturated rings. The van der Waals surface area contributed by atoms with E-state index in [2.05, 4.69) is 5.10 Å². The van der Waals surface area contributed by atoms with Crippen LogP contribution in [0, 0.1) is 0 Å². The van der Waals surface area contributed by atoms with E-state index in [0.29, 0.717) is 34.1 Å². The van der Waals surface area contributed by atoms with Crippen LogP contribution < -0.4 is 5.73 Å². The van der Waals surface area contributed by atoms with Crippen LogP contribution in [0.1, 0.15) is 28.4 Å². The topological polar surface area (TPSA) is 60.9 Å². The molecule has 1 aromatic heterocycles. The second kappa shape index (κ2) is 9.38. The first kappa shape index (κ1) is 21.5. The standard InChI is InChI=1S/C20H19Cl2N3O.ClH/c1-2-25-12-13(9-10-23)19(24-25)15-8-7-14(21)11-17(15)20(26)16-5-3-4-6-18(16)22;/h3-8,11-12H,2,9-10,23H2,1H3;1H. The maximum absolute atomic E-state index is 13.2. The number of aryl methyl sites for hydroxylation is 1. The lowest BCUT2D eigenvalue weighted by molar-refractivity contribution is 0.103. The highest BCUT2D eigenvalue weighted by Crippen LogP contribution is 2.31. The molecule has 0 spiro atoms. The zero-order valence-corrected chi connectivity index (χ0v) is 17.1.